The molecule has 1 aromatic carbocycles. The van der Waals surface area contributed by atoms with Gasteiger partial charge >= 0.3 is 0 Å². The summed E-state index contributed by atoms with van der Waals surface area (Å²) in [6.45, 7) is 0.407. The average molecular weight is 387 g/mol. The first-order valence-electron chi connectivity index (χ1n) is 7.73. The summed E-state index contributed by atoms with van der Waals surface area (Å²) in [5.41, 5.74) is 1.28. The summed E-state index contributed by atoms with van der Waals surface area (Å²) in [4.78, 5) is 16.9. The lowest BCUT2D eigenvalue weighted by atomic mass is 10.3. The van der Waals surface area contributed by atoms with Crippen molar-refractivity contribution in [1.82, 2.24) is 14.7 Å². The van der Waals surface area contributed by atoms with E-state index in [0.29, 0.717) is 29.9 Å². The van der Waals surface area contributed by atoms with E-state index >= 15 is 0 Å². The molecule has 3 aromatic rings. The maximum absolute atomic E-state index is 12.5. The Morgan fingerprint density at radius 3 is 3.00 bits per heavy atom. The largest absolute Gasteiger partial charge is 0.339 e. The highest BCUT2D eigenvalue weighted by Crippen LogP contribution is 2.38. The summed E-state index contributed by atoms with van der Waals surface area (Å²) in [6, 6.07) is 11.1. The first kappa shape index (κ1) is 15.1. The lowest BCUT2D eigenvalue weighted by molar-refractivity contribution is 0.101. The van der Waals surface area contributed by atoms with Crippen LogP contribution in [-0.4, -0.2) is 20.6 Å². The number of nitrogens with zero attached hydrogens (tertiary/aromatic N) is 3. The SMILES string of the molecule is O=C(Nc1cccc(Br)c1)c1cccn1Cc1noc(C2CC2)n1. The molecule has 1 N–H and O–H groups in total. The molecule has 24 heavy (non-hydrogen) atoms. The lowest BCUT2D eigenvalue weighted by Gasteiger charge is -2.08. The van der Waals surface area contributed by atoms with E-state index in [2.05, 4.69) is 31.4 Å². The second kappa shape index (κ2) is 6.24. The van der Waals surface area contributed by atoms with Gasteiger partial charge in [0.15, 0.2) is 5.82 Å². The van der Waals surface area contributed by atoms with Gasteiger partial charge in [0.05, 0.1) is 6.54 Å². The van der Waals surface area contributed by atoms with Crippen LogP contribution in [0.5, 0.6) is 0 Å². The van der Waals surface area contributed by atoms with Gasteiger partial charge in [0.25, 0.3) is 5.91 Å². The van der Waals surface area contributed by atoms with Crippen LogP contribution in [0.15, 0.2) is 51.6 Å². The van der Waals surface area contributed by atoms with Crippen LogP contribution >= 0.6 is 15.9 Å². The van der Waals surface area contributed by atoms with Crippen molar-refractivity contribution in [2.24, 2.45) is 0 Å². The van der Waals surface area contributed by atoms with Crippen LogP contribution in [0.1, 0.15) is 41.0 Å². The Morgan fingerprint density at radius 1 is 1.33 bits per heavy atom. The van der Waals surface area contributed by atoms with Gasteiger partial charge < -0.3 is 14.4 Å². The Hall–Kier alpha value is -2.41. The first-order valence-corrected chi connectivity index (χ1v) is 8.53. The average Bonchev–Trinajstić information content (AvgIpc) is 3.12. The van der Waals surface area contributed by atoms with E-state index in [1.807, 2.05) is 41.1 Å². The van der Waals surface area contributed by atoms with Crippen LogP contribution in [0, 0.1) is 0 Å². The highest BCUT2D eigenvalue weighted by atomic mass is 79.9. The minimum Gasteiger partial charge on any atom is -0.339 e. The molecular weight excluding hydrogens is 372 g/mol. The van der Waals surface area contributed by atoms with E-state index in [1.54, 1.807) is 6.07 Å². The van der Waals surface area contributed by atoms with E-state index in [9.17, 15) is 4.79 Å². The van der Waals surface area contributed by atoms with Crippen LogP contribution in [0.3, 0.4) is 0 Å². The Balaban J connectivity index is 1.49. The zero-order chi connectivity index (χ0) is 16.5. The van der Waals surface area contributed by atoms with Gasteiger partial charge in [-0.1, -0.05) is 27.2 Å². The highest BCUT2D eigenvalue weighted by molar-refractivity contribution is 9.10. The van der Waals surface area contributed by atoms with Gasteiger partial charge in [-0.2, -0.15) is 4.98 Å². The molecule has 1 fully saturated rings. The van der Waals surface area contributed by atoms with Crippen molar-refractivity contribution >= 4 is 27.5 Å². The fraction of sp³-hybridized carbons (Fsp3) is 0.235. The van der Waals surface area contributed by atoms with Crippen molar-refractivity contribution < 1.29 is 9.32 Å². The van der Waals surface area contributed by atoms with Crippen LogP contribution in [0.4, 0.5) is 5.69 Å². The zero-order valence-corrected chi connectivity index (χ0v) is 14.4. The lowest BCUT2D eigenvalue weighted by Crippen LogP contribution is -2.17. The van der Waals surface area contributed by atoms with E-state index in [1.165, 1.54) is 0 Å². The van der Waals surface area contributed by atoms with Gasteiger partial charge in [-0.15, -0.1) is 0 Å². The predicted molar refractivity (Wildman–Crippen MR) is 91.9 cm³/mol. The van der Waals surface area contributed by atoms with Gasteiger partial charge in [0, 0.05) is 22.3 Å². The van der Waals surface area contributed by atoms with Gasteiger partial charge in [-0.3, -0.25) is 4.79 Å². The smallest absolute Gasteiger partial charge is 0.272 e. The second-order valence-corrected chi connectivity index (χ2v) is 6.72. The van der Waals surface area contributed by atoms with Crippen molar-refractivity contribution in [3.8, 4) is 0 Å². The molecule has 7 heteroatoms. The molecular formula is C17H15BrN4O2. The van der Waals surface area contributed by atoms with Gasteiger partial charge in [-0.05, 0) is 43.2 Å². The Morgan fingerprint density at radius 2 is 2.21 bits per heavy atom. The summed E-state index contributed by atoms with van der Waals surface area (Å²) < 4.78 is 7.99. The molecule has 0 saturated heterocycles. The summed E-state index contributed by atoms with van der Waals surface area (Å²) in [7, 11) is 0. The molecule has 1 aliphatic carbocycles. The number of aromatic nitrogens is 3. The third-order valence-corrected chi connectivity index (χ3v) is 4.36. The molecule has 0 bridgehead atoms. The molecule has 2 heterocycles. The molecule has 1 aliphatic rings. The fourth-order valence-electron chi connectivity index (χ4n) is 2.50. The quantitative estimate of drug-likeness (QED) is 0.723. The molecule has 1 saturated carbocycles. The van der Waals surface area contributed by atoms with E-state index in [4.69, 9.17) is 4.52 Å². The van der Waals surface area contributed by atoms with Crippen LogP contribution in [-0.2, 0) is 6.54 Å². The summed E-state index contributed by atoms with van der Waals surface area (Å²) in [5.74, 6) is 1.54. The number of carbonyl (C=O) groups excluding carboxylic acids is 1. The van der Waals surface area contributed by atoms with Crippen molar-refractivity contribution in [3.63, 3.8) is 0 Å². The van der Waals surface area contributed by atoms with Crippen molar-refractivity contribution in [2.75, 3.05) is 5.32 Å². The molecule has 1 amide bonds. The molecule has 122 valence electrons. The molecule has 0 aliphatic heterocycles. The maximum atomic E-state index is 12.5. The minimum absolute atomic E-state index is 0.177. The number of hydrogen-bond acceptors (Lipinski definition) is 4. The maximum Gasteiger partial charge on any atom is 0.272 e. The first-order chi connectivity index (χ1) is 11.7. The fourth-order valence-corrected chi connectivity index (χ4v) is 2.90. The standard InChI is InChI=1S/C17H15BrN4O2/c18-12-3-1-4-13(9-12)19-16(23)14-5-2-8-22(14)10-15-20-17(24-21-15)11-6-7-11/h1-5,8-9,11H,6-7,10H2,(H,19,23). The monoisotopic (exact) mass is 386 g/mol. The topological polar surface area (TPSA) is 73.0 Å². The number of hydrogen-bond donors (Lipinski definition) is 1. The van der Waals surface area contributed by atoms with Crippen LogP contribution in [0.25, 0.3) is 0 Å². The minimum atomic E-state index is -0.177. The normalized spacial score (nSPS) is 13.9. The molecule has 2 aromatic heterocycles. The Kier molecular flexibility index (Phi) is 3.93. The van der Waals surface area contributed by atoms with Gasteiger partial charge in [0.1, 0.15) is 5.69 Å². The summed E-state index contributed by atoms with van der Waals surface area (Å²) >= 11 is 3.40. The molecule has 0 radical (unpaired) electrons. The molecule has 6 nitrogen and oxygen atoms in total. The van der Waals surface area contributed by atoms with E-state index in [0.717, 1.165) is 23.0 Å². The van der Waals surface area contributed by atoms with E-state index < -0.39 is 0 Å². The number of benzene rings is 1. The number of carbonyl (C=O) groups is 1. The third kappa shape index (κ3) is 3.26. The van der Waals surface area contributed by atoms with Gasteiger partial charge in [-0.25, -0.2) is 0 Å². The molecule has 0 atom stereocenters. The number of amides is 1. The molecule has 0 unspecified atom stereocenters. The third-order valence-electron chi connectivity index (χ3n) is 3.87. The molecule has 4 rings (SSSR count). The number of rotatable bonds is 5. The summed E-state index contributed by atoms with van der Waals surface area (Å²) in [6.07, 6.45) is 4.07. The zero-order valence-electron chi connectivity index (χ0n) is 12.8. The van der Waals surface area contributed by atoms with Crippen LogP contribution < -0.4 is 5.32 Å². The van der Waals surface area contributed by atoms with Crippen molar-refractivity contribution in [2.45, 2.75) is 25.3 Å². The Labute approximate surface area is 147 Å². The second-order valence-electron chi connectivity index (χ2n) is 5.81. The predicted octanol–water partition coefficient (Wildman–Crippen LogP) is 3.81. The van der Waals surface area contributed by atoms with Crippen LogP contribution in [0.2, 0.25) is 0 Å². The molecule has 0 spiro atoms. The van der Waals surface area contributed by atoms with Crippen molar-refractivity contribution in [1.29, 1.82) is 0 Å². The Bertz CT molecular complexity index is 882. The van der Waals surface area contributed by atoms with E-state index in [-0.39, 0.29) is 5.91 Å². The highest BCUT2D eigenvalue weighted by Gasteiger charge is 2.29. The number of anilines is 1. The number of nitrogens with one attached hydrogen (secondary N) is 1. The number of halogens is 1. The van der Waals surface area contributed by atoms with Gasteiger partial charge in [0.2, 0.25) is 5.89 Å². The van der Waals surface area contributed by atoms with Crippen molar-refractivity contribution in [3.05, 3.63) is 64.5 Å². The summed E-state index contributed by atoms with van der Waals surface area (Å²) in [5, 5.41) is 6.89.